The van der Waals surface area contributed by atoms with Gasteiger partial charge in [-0.2, -0.15) is 0 Å². The third-order valence-electron chi connectivity index (χ3n) is 5.66. The number of hydrogen-bond acceptors (Lipinski definition) is 2. The predicted molar refractivity (Wildman–Crippen MR) is 100 cm³/mol. The summed E-state index contributed by atoms with van der Waals surface area (Å²) in [7, 11) is 4.26. The van der Waals surface area contributed by atoms with E-state index in [1.54, 1.807) is 11.1 Å². The highest BCUT2D eigenvalue weighted by Crippen LogP contribution is 2.37. The Morgan fingerprint density at radius 3 is 2.25 bits per heavy atom. The Morgan fingerprint density at radius 1 is 0.958 bits per heavy atom. The van der Waals surface area contributed by atoms with E-state index >= 15 is 0 Å². The van der Waals surface area contributed by atoms with E-state index in [2.05, 4.69) is 72.4 Å². The van der Waals surface area contributed by atoms with E-state index < -0.39 is 0 Å². The van der Waals surface area contributed by atoms with Gasteiger partial charge in [-0.05, 0) is 68.6 Å². The van der Waals surface area contributed by atoms with E-state index in [4.69, 9.17) is 0 Å². The van der Waals surface area contributed by atoms with Crippen LogP contribution in [-0.2, 0) is 19.4 Å². The average Bonchev–Trinajstić information content (AvgIpc) is 3.21. The van der Waals surface area contributed by atoms with E-state index in [0.717, 1.165) is 6.54 Å². The molecule has 1 heterocycles. The van der Waals surface area contributed by atoms with Crippen molar-refractivity contribution in [2.24, 2.45) is 0 Å². The first-order valence-electron chi connectivity index (χ1n) is 9.27. The van der Waals surface area contributed by atoms with Crippen LogP contribution in [0.4, 0.5) is 0 Å². The number of fused-ring (bicyclic) bond motifs is 1. The van der Waals surface area contributed by atoms with E-state index in [0.29, 0.717) is 12.1 Å². The quantitative estimate of drug-likeness (QED) is 0.838. The van der Waals surface area contributed by atoms with Gasteiger partial charge in [0, 0.05) is 18.6 Å². The minimum atomic E-state index is 0.609. The van der Waals surface area contributed by atoms with Crippen LogP contribution >= 0.6 is 0 Å². The summed E-state index contributed by atoms with van der Waals surface area (Å²) in [6.07, 6.45) is 5.09. The van der Waals surface area contributed by atoms with Crippen molar-refractivity contribution in [2.45, 2.75) is 44.3 Å². The third kappa shape index (κ3) is 3.13. The second-order valence-corrected chi connectivity index (χ2v) is 7.71. The smallest absolute Gasteiger partial charge is 0.0351 e. The Morgan fingerprint density at radius 2 is 1.62 bits per heavy atom. The Labute approximate surface area is 146 Å². The van der Waals surface area contributed by atoms with Crippen LogP contribution in [0.25, 0.3) is 0 Å². The van der Waals surface area contributed by atoms with Crippen LogP contribution in [0, 0.1) is 0 Å². The lowest BCUT2D eigenvalue weighted by molar-refractivity contribution is 0.185. The zero-order chi connectivity index (χ0) is 16.5. The second kappa shape index (κ2) is 6.70. The predicted octanol–water partition coefficient (Wildman–Crippen LogP) is 4.05. The van der Waals surface area contributed by atoms with Gasteiger partial charge in [0.25, 0.3) is 0 Å². The van der Waals surface area contributed by atoms with Gasteiger partial charge in [-0.15, -0.1) is 0 Å². The maximum atomic E-state index is 2.78. The molecule has 0 bridgehead atoms. The summed E-state index contributed by atoms with van der Waals surface area (Å²) in [6.45, 7) is 2.27. The van der Waals surface area contributed by atoms with Crippen molar-refractivity contribution in [3.63, 3.8) is 0 Å². The van der Waals surface area contributed by atoms with Gasteiger partial charge >= 0.3 is 0 Å². The number of rotatable bonds is 4. The lowest BCUT2D eigenvalue weighted by Gasteiger charge is -2.31. The standard InChI is InChI=1S/C22H28N2/c1-23(2)16-17-9-11-18(12-10-17)22-8-5-13-24(22)21-14-19-6-3-4-7-20(19)15-21/h3-4,6-7,9-12,21-22H,5,8,13-16H2,1-2H3. The molecule has 2 heteroatoms. The zero-order valence-electron chi connectivity index (χ0n) is 14.9. The SMILES string of the molecule is CN(C)Cc1ccc(C2CCCN2C2Cc3ccccc3C2)cc1. The lowest BCUT2D eigenvalue weighted by Crippen LogP contribution is -2.35. The van der Waals surface area contributed by atoms with Gasteiger partial charge in [0.05, 0.1) is 0 Å². The highest BCUT2D eigenvalue weighted by atomic mass is 15.2. The van der Waals surface area contributed by atoms with Crippen molar-refractivity contribution >= 4 is 0 Å². The molecule has 1 saturated heterocycles. The van der Waals surface area contributed by atoms with Gasteiger partial charge in [-0.3, -0.25) is 4.90 Å². The molecule has 2 aliphatic rings. The van der Waals surface area contributed by atoms with Crippen molar-refractivity contribution in [1.29, 1.82) is 0 Å². The maximum absolute atomic E-state index is 2.78. The number of benzene rings is 2. The van der Waals surface area contributed by atoms with Crippen LogP contribution in [0.3, 0.4) is 0 Å². The largest absolute Gasteiger partial charge is 0.305 e. The molecule has 1 aliphatic carbocycles. The van der Waals surface area contributed by atoms with Crippen molar-refractivity contribution in [2.75, 3.05) is 20.6 Å². The summed E-state index contributed by atoms with van der Waals surface area (Å²) in [4.78, 5) is 5.01. The minimum absolute atomic E-state index is 0.609. The molecular weight excluding hydrogens is 292 g/mol. The van der Waals surface area contributed by atoms with Gasteiger partial charge < -0.3 is 4.90 Å². The minimum Gasteiger partial charge on any atom is -0.305 e. The summed E-state index contributed by atoms with van der Waals surface area (Å²) in [5, 5.41) is 0. The van der Waals surface area contributed by atoms with Crippen molar-refractivity contribution in [3.8, 4) is 0 Å². The molecule has 2 aromatic rings. The topological polar surface area (TPSA) is 6.48 Å². The molecule has 1 aliphatic heterocycles. The molecule has 0 amide bonds. The van der Waals surface area contributed by atoms with E-state index in [1.165, 1.54) is 43.4 Å². The van der Waals surface area contributed by atoms with Crippen LogP contribution in [0.5, 0.6) is 0 Å². The fourth-order valence-corrected chi connectivity index (χ4v) is 4.56. The fraction of sp³-hybridized carbons (Fsp3) is 0.455. The van der Waals surface area contributed by atoms with Crippen LogP contribution in [-0.4, -0.2) is 36.5 Å². The molecule has 1 atom stereocenters. The molecule has 0 saturated carbocycles. The second-order valence-electron chi connectivity index (χ2n) is 7.71. The van der Waals surface area contributed by atoms with Gasteiger partial charge in [0.15, 0.2) is 0 Å². The van der Waals surface area contributed by atoms with Gasteiger partial charge in [-0.1, -0.05) is 48.5 Å². The van der Waals surface area contributed by atoms with E-state index in [9.17, 15) is 0 Å². The van der Waals surface area contributed by atoms with Gasteiger partial charge in [0.1, 0.15) is 0 Å². The highest BCUT2D eigenvalue weighted by Gasteiger charge is 2.34. The molecule has 0 aromatic heterocycles. The Balaban J connectivity index is 1.49. The molecule has 4 rings (SSSR count). The molecule has 2 nitrogen and oxygen atoms in total. The molecule has 1 fully saturated rings. The Bertz CT molecular complexity index is 664. The molecule has 0 N–H and O–H groups in total. The van der Waals surface area contributed by atoms with E-state index in [1.807, 2.05) is 0 Å². The molecule has 0 spiro atoms. The van der Waals surface area contributed by atoms with Crippen molar-refractivity contribution < 1.29 is 0 Å². The first kappa shape index (κ1) is 15.9. The maximum Gasteiger partial charge on any atom is 0.0351 e. The first-order chi connectivity index (χ1) is 11.7. The molecular formula is C22H28N2. The number of nitrogens with zero attached hydrogens (tertiary/aromatic N) is 2. The average molecular weight is 320 g/mol. The molecule has 0 radical (unpaired) electrons. The van der Waals surface area contributed by atoms with Crippen LogP contribution in [0.1, 0.15) is 41.1 Å². The Hall–Kier alpha value is -1.64. The Kier molecular flexibility index (Phi) is 4.43. The monoisotopic (exact) mass is 320 g/mol. The van der Waals surface area contributed by atoms with Crippen LogP contribution in [0.2, 0.25) is 0 Å². The molecule has 2 aromatic carbocycles. The fourth-order valence-electron chi connectivity index (χ4n) is 4.56. The summed E-state index contributed by atoms with van der Waals surface area (Å²) >= 11 is 0. The van der Waals surface area contributed by atoms with Gasteiger partial charge in [0.2, 0.25) is 0 Å². The summed E-state index contributed by atoms with van der Waals surface area (Å²) < 4.78 is 0. The van der Waals surface area contributed by atoms with Crippen LogP contribution in [0.15, 0.2) is 48.5 Å². The van der Waals surface area contributed by atoms with Crippen molar-refractivity contribution in [3.05, 3.63) is 70.8 Å². The zero-order valence-corrected chi connectivity index (χ0v) is 14.9. The lowest BCUT2D eigenvalue weighted by atomic mass is 10.0. The molecule has 126 valence electrons. The van der Waals surface area contributed by atoms with Crippen molar-refractivity contribution in [1.82, 2.24) is 9.80 Å². The summed E-state index contributed by atoms with van der Waals surface area (Å²) in [6, 6.07) is 19.7. The molecule has 1 unspecified atom stereocenters. The first-order valence-corrected chi connectivity index (χ1v) is 9.27. The van der Waals surface area contributed by atoms with Crippen LogP contribution < -0.4 is 0 Å². The number of likely N-dealkylation sites (tertiary alicyclic amines) is 1. The summed E-state index contributed by atoms with van der Waals surface area (Å²) in [5.74, 6) is 0. The summed E-state index contributed by atoms with van der Waals surface area (Å²) in [5.41, 5.74) is 6.04. The highest BCUT2D eigenvalue weighted by molar-refractivity contribution is 5.34. The van der Waals surface area contributed by atoms with Gasteiger partial charge in [-0.25, -0.2) is 0 Å². The van der Waals surface area contributed by atoms with E-state index in [-0.39, 0.29) is 0 Å². The normalized spacial score (nSPS) is 21.5. The number of hydrogen-bond donors (Lipinski definition) is 0. The third-order valence-corrected chi connectivity index (χ3v) is 5.66. The molecule has 24 heavy (non-hydrogen) atoms.